The zero-order valence-corrected chi connectivity index (χ0v) is 19.1. The van der Waals surface area contributed by atoms with Gasteiger partial charge in [-0.25, -0.2) is 4.98 Å². The number of para-hydroxylation sites is 2. The first-order valence-electron chi connectivity index (χ1n) is 10.7. The van der Waals surface area contributed by atoms with Crippen LogP contribution in [0, 0.1) is 0 Å². The second-order valence-electron chi connectivity index (χ2n) is 7.63. The predicted octanol–water partition coefficient (Wildman–Crippen LogP) is 2.47. The van der Waals surface area contributed by atoms with E-state index < -0.39 is 11.5 Å². The van der Waals surface area contributed by atoms with Gasteiger partial charge in [-0.2, -0.15) is 0 Å². The summed E-state index contributed by atoms with van der Waals surface area (Å²) in [6.45, 7) is 2.86. The van der Waals surface area contributed by atoms with Crippen LogP contribution >= 0.6 is 11.8 Å². The van der Waals surface area contributed by atoms with Gasteiger partial charge in [0.1, 0.15) is 5.56 Å². The van der Waals surface area contributed by atoms with E-state index in [1.165, 1.54) is 22.5 Å². The zero-order valence-electron chi connectivity index (χ0n) is 18.3. The molecule has 0 spiro atoms. The minimum atomic E-state index is -0.516. The first-order chi connectivity index (χ1) is 16.0. The Morgan fingerprint density at radius 3 is 2.27 bits per heavy atom. The molecule has 1 aliphatic heterocycles. The van der Waals surface area contributed by atoms with Crippen LogP contribution in [0.1, 0.15) is 10.4 Å². The third-order valence-electron chi connectivity index (χ3n) is 5.48. The number of carbonyl (C=O) groups is 2. The molecule has 1 N–H and O–H groups in total. The van der Waals surface area contributed by atoms with Crippen LogP contribution < -0.4 is 15.8 Å². The standard InChI is InChI=1S/C24H25N5O3S/c1-27-23(32)20(22(31)26-18-8-4-2-5-9-18)16-25-24(27)33-17-21(30)29-14-12-28(13-15-29)19-10-6-3-7-11-19/h2-11,16H,12-15,17H2,1H3,(H,26,31). The minimum Gasteiger partial charge on any atom is -0.368 e. The molecule has 0 atom stereocenters. The molecule has 33 heavy (non-hydrogen) atoms. The average molecular weight is 464 g/mol. The molecule has 1 saturated heterocycles. The van der Waals surface area contributed by atoms with Crippen molar-refractivity contribution in [2.75, 3.05) is 42.1 Å². The number of aromatic nitrogens is 2. The number of thioether (sulfide) groups is 1. The number of hydrogen-bond acceptors (Lipinski definition) is 6. The van der Waals surface area contributed by atoms with Crippen molar-refractivity contribution >= 4 is 35.0 Å². The van der Waals surface area contributed by atoms with Gasteiger partial charge in [0.2, 0.25) is 5.91 Å². The van der Waals surface area contributed by atoms with Crippen LogP contribution in [-0.2, 0) is 11.8 Å². The fraction of sp³-hybridized carbons (Fsp3) is 0.250. The normalized spacial score (nSPS) is 13.6. The Kier molecular flexibility index (Phi) is 7.09. The molecule has 0 saturated carbocycles. The molecule has 170 valence electrons. The van der Waals surface area contributed by atoms with Gasteiger partial charge in [-0.05, 0) is 24.3 Å². The Bertz CT molecular complexity index is 1180. The molecule has 0 aliphatic carbocycles. The highest BCUT2D eigenvalue weighted by Crippen LogP contribution is 2.18. The van der Waals surface area contributed by atoms with Gasteiger partial charge in [0.25, 0.3) is 11.5 Å². The molecular formula is C24H25N5O3S. The predicted molar refractivity (Wildman–Crippen MR) is 130 cm³/mol. The SMILES string of the molecule is Cn1c(SCC(=O)N2CCN(c3ccccc3)CC2)ncc(C(=O)Nc2ccccc2)c1=O. The van der Waals surface area contributed by atoms with Crippen LogP contribution in [0.4, 0.5) is 11.4 Å². The van der Waals surface area contributed by atoms with Crippen molar-refractivity contribution in [1.82, 2.24) is 14.5 Å². The zero-order chi connectivity index (χ0) is 23.2. The first-order valence-corrected chi connectivity index (χ1v) is 11.6. The van der Waals surface area contributed by atoms with E-state index in [9.17, 15) is 14.4 Å². The van der Waals surface area contributed by atoms with Crippen molar-refractivity contribution < 1.29 is 9.59 Å². The van der Waals surface area contributed by atoms with Crippen LogP contribution in [-0.4, -0.2) is 58.2 Å². The van der Waals surface area contributed by atoms with Gasteiger partial charge in [0, 0.05) is 50.8 Å². The highest BCUT2D eigenvalue weighted by molar-refractivity contribution is 7.99. The molecule has 4 rings (SSSR count). The molecule has 2 heterocycles. The number of rotatable bonds is 6. The lowest BCUT2D eigenvalue weighted by atomic mass is 10.2. The Morgan fingerprint density at radius 1 is 0.970 bits per heavy atom. The number of carbonyl (C=O) groups excluding carboxylic acids is 2. The average Bonchev–Trinajstić information content (AvgIpc) is 2.86. The number of anilines is 2. The third kappa shape index (κ3) is 5.43. The summed E-state index contributed by atoms with van der Waals surface area (Å²) in [7, 11) is 1.56. The largest absolute Gasteiger partial charge is 0.368 e. The first kappa shape index (κ1) is 22.6. The molecule has 0 bridgehead atoms. The third-order valence-corrected chi connectivity index (χ3v) is 6.51. The van der Waals surface area contributed by atoms with E-state index in [1.807, 2.05) is 29.2 Å². The molecule has 1 aliphatic rings. The van der Waals surface area contributed by atoms with Gasteiger partial charge < -0.3 is 15.1 Å². The van der Waals surface area contributed by atoms with E-state index in [4.69, 9.17) is 0 Å². The van der Waals surface area contributed by atoms with E-state index in [2.05, 4.69) is 27.3 Å². The number of nitrogens with zero attached hydrogens (tertiary/aromatic N) is 4. The molecule has 1 aromatic heterocycles. The maximum atomic E-state index is 12.7. The molecule has 8 nitrogen and oxygen atoms in total. The van der Waals surface area contributed by atoms with Gasteiger partial charge in [-0.15, -0.1) is 0 Å². The van der Waals surface area contributed by atoms with Gasteiger partial charge >= 0.3 is 0 Å². The monoisotopic (exact) mass is 463 g/mol. The highest BCUT2D eigenvalue weighted by atomic mass is 32.2. The summed E-state index contributed by atoms with van der Waals surface area (Å²) in [6.07, 6.45) is 1.27. The number of benzene rings is 2. The summed E-state index contributed by atoms with van der Waals surface area (Å²) >= 11 is 1.20. The Balaban J connectivity index is 1.33. The molecule has 2 amide bonds. The summed E-state index contributed by atoms with van der Waals surface area (Å²) < 4.78 is 1.31. The van der Waals surface area contributed by atoms with E-state index >= 15 is 0 Å². The van der Waals surface area contributed by atoms with Crippen LogP contribution in [0.15, 0.2) is 76.8 Å². The summed E-state index contributed by atoms with van der Waals surface area (Å²) in [5.74, 6) is -0.327. The van der Waals surface area contributed by atoms with Crippen molar-refractivity contribution in [3.8, 4) is 0 Å². The second kappa shape index (κ2) is 10.4. The quantitative estimate of drug-likeness (QED) is 0.446. The van der Waals surface area contributed by atoms with Crippen molar-refractivity contribution in [2.24, 2.45) is 7.05 Å². The molecule has 0 unspecified atom stereocenters. The summed E-state index contributed by atoms with van der Waals surface area (Å²) in [6, 6.07) is 19.1. The van der Waals surface area contributed by atoms with Crippen LogP contribution in [0.3, 0.4) is 0 Å². The van der Waals surface area contributed by atoms with Gasteiger partial charge in [-0.3, -0.25) is 19.0 Å². The fourth-order valence-corrected chi connectivity index (χ4v) is 4.45. The maximum absolute atomic E-state index is 12.7. The summed E-state index contributed by atoms with van der Waals surface area (Å²) in [5.41, 5.74) is 1.26. The molecule has 0 radical (unpaired) electrons. The van der Waals surface area contributed by atoms with Crippen molar-refractivity contribution in [1.29, 1.82) is 0 Å². The Hall–Kier alpha value is -3.59. The highest BCUT2D eigenvalue weighted by Gasteiger charge is 2.22. The fourth-order valence-electron chi connectivity index (χ4n) is 3.61. The number of nitrogens with one attached hydrogen (secondary N) is 1. The van der Waals surface area contributed by atoms with Crippen LogP contribution in [0.5, 0.6) is 0 Å². The molecule has 3 aromatic rings. The van der Waals surface area contributed by atoms with Gasteiger partial charge in [0.15, 0.2) is 5.16 Å². The Labute approximate surface area is 196 Å². The lowest BCUT2D eigenvalue weighted by Gasteiger charge is -2.36. The molecular weight excluding hydrogens is 438 g/mol. The summed E-state index contributed by atoms with van der Waals surface area (Å²) in [4.78, 5) is 46.2. The van der Waals surface area contributed by atoms with Crippen LogP contribution in [0.2, 0.25) is 0 Å². The lowest BCUT2D eigenvalue weighted by molar-refractivity contribution is -0.128. The summed E-state index contributed by atoms with van der Waals surface area (Å²) in [5, 5.41) is 3.09. The van der Waals surface area contributed by atoms with E-state index in [0.717, 1.165) is 18.8 Å². The topological polar surface area (TPSA) is 87.5 Å². The number of hydrogen-bond donors (Lipinski definition) is 1. The molecule has 9 heteroatoms. The van der Waals surface area contributed by atoms with E-state index in [-0.39, 0.29) is 17.2 Å². The van der Waals surface area contributed by atoms with Crippen molar-refractivity contribution in [3.63, 3.8) is 0 Å². The number of amides is 2. The lowest BCUT2D eigenvalue weighted by Crippen LogP contribution is -2.49. The van der Waals surface area contributed by atoms with Gasteiger partial charge in [-0.1, -0.05) is 48.2 Å². The van der Waals surface area contributed by atoms with Crippen molar-refractivity contribution in [3.05, 3.63) is 82.8 Å². The van der Waals surface area contributed by atoms with Gasteiger partial charge in [0.05, 0.1) is 5.75 Å². The minimum absolute atomic E-state index is 0.00728. The molecule has 2 aromatic carbocycles. The van der Waals surface area contributed by atoms with Crippen LogP contribution in [0.25, 0.3) is 0 Å². The van der Waals surface area contributed by atoms with E-state index in [1.54, 1.807) is 31.3 Å². The number of piperazine rings is 1. The molecule has 1 fully saturated rings. The maximum Gasteiger partial charge on any atom is 0.266 e. The Morgan fingerprint density at radius 2 is 1.61 bits per heavy atom. The second-order valence-corrected chi connectivity index (χ2v) is 8.57. The van der Waals surface area contributed by atoms with E-state index in [0.29, 0.717) is 23.9 Å². The van der Waals surface area contributed by atoms with Crippen molar-refractivity contribution in [2.45, 2.75) is 5.16 Å². The smallest absolute Gasteiger partial charge is 0.266 e.